The number of fused-ring (bicyclic) bond motifs is 1. The Labute approximate surface area is 202 Å². The van der Waals surface area contributed by atoms with E-state index in [1.54, 1.807) is 14.0 Å². The second kappa shape index (κ2) is 10.3. The molecule has 0 fully saturated rings. The van der Waals surface area contributed by atoms with E-state index in [0.29, 0.717) is 18.9 Å². The van der Waals surface area contributed by atoms with E-state index in [9.17, 15) is 14.7 Å². The summed E-state index contributed by atoms with van der Waals surface area (Å²) in [6.07, 6.45) is 1.29. The van der Waals surface area contributed by atoms with E-state index in [4.69, 9.17) is 9.47 Å². The lowest BCUT2D eigenvalue weighted by atomic mass is 10.1. The maximum absolute atomic E-state index is 12.8. The SMILES string of the molecule is CCOC(=O)c1cc(C(=O)O)n2ncnc(N(Cc3ccc(C)cc3)Cc3ccc(OC)cc3)c12. The van der Waals surface area contributed by atoms with Crippen molar-refractivity contribution in [3.05, 3.63) is 88.9 Å². The highest BCUT2D eigenvalue weighted by atomic mass is 16.5. The van der Waals surface area contributed by atoms with E-state index in [1.807, 2.05) is 60.4 Å². The van der Waals surface area contributed by atoms with Crippen molar-refractivity contribution in [1.82, 2.24) is 14.6 Å². The Morgan fingerprint density at radius 2 is 1.66 bits per heavy atom. The van der Waals surface area contributed by atoms with Crippen LogP contribution in [0.25, 0.3) is 5.52 Å². The Morgan fingerprint density at radius 3 is 2.23 bits per heavy atom. The van der Waals surface area contributed by atoms with Gasteiger partial charge < -0.3 is 19.5 Å². The van der Waals surface area contributed by atoms with Gasteiger partial charge in [-0.3, -0.25) is 0 Å². The third-order valence-electron chi connectivity index (χ3n) is 5.58. The number of carbonyl (C=O) groups excluding carboxylic acids is 1. The summed E-state index contributed by atoms with van der Waals surface area (Å²) < 4.78 is 11.7. The molecule has 0 unspecified atom stereocenters. The molecule has 35 heavy (non-hydrogen) atoms. The first kappa shape index (κ1) is 23.7. The van der Waals surface area contributed by atoms with Gasteiger partial charge in [0.25, 0.3) is 0 Å². The fourth-order valence-electron chi connectivity index (χ4n) is 3.85. The summed E-state index contributed by atoms with van der Waals surface area (Å²) in [5, 5.41) is 13.9. The maximum Gasteiger partial charge on any atom is 0.354 e. The van der Waals surface area contributed by atoms with Crippen molar-refractivity contribution in [1.29, 1.82) is 0 Å². The number of rotatable bonds is 9. The minimum atomic E-state index is -1.21. The Hall–Kier alpha value is -4.40. The molecule has 0 amide bonds. The molecule has 2 aromatic carbocycles. The fraction of sp³-hybridized carbons (Fsp3) is 0.231. The fourth-order valence-corrected chi connectivity index (χ4v) is 3.85. The quantitative estimate of drug-likeness (QED) is 0.361. The second-order valence-electron chi connectivity index (χ2n) is 8.00. The average Bonchev–Trinajstić information content (AvgIpc) is 3.26. The number of aryl methyl sites for hydroxylation is 1. The minimum absolute atomic E-state index is 0.100. The van der Waals surface area contributed by atoms with Crippen molar-refractivity contribution >= 4 is 23.3 Å². The van der Waals surface area contributed by atoms with E-state index >= 15 is 0 Å². The third kappa shape index (κ3) is 5.08. The number of benzene rings is 2. The average molecular weight is 475 g/mol. The number of methoxy groups -OCH3 is 1. The van der Waals surface area contributed by atoms with Crippen LogP contribution in [0.5, 0.6) is 5.75 Å². The molecule has 4 aromatic rings. The van der Waals surface area contributed by atoms with Gasteiger partial charge in [-0.05, 0) is 43.2 Å². The van der Waals surface area contributed by atoms with Gasteiger partial charge in [-0.15, -0.1) is 0 Å². The number of hydrogen-bond donors (Lipinski definition) is 1. The molecule has 0 aliphatic heterocycles. The van der Waals surface area contributed by atoms with Gasteiger partial charge in [0.15, 0.2) is 11.5 Å². The Kier molecular flexibility index (Phi) is 6.96. The number of aromatic carboxylic acids is 1. The van der Waals surface area contributed by atoms with Crippen LogP contribution in [0.15, 0.2) is 60.9 Å². The van der Waals surface area contributed by atoms with Crippen molar-refractivity contribution in [2.45, 2.75) is 26.9 Å². The number of carboxylic acid groups (broad SMARTS) is 1. The molecule has 1 N–H and O–H groups in total. The lowest BCUT2D eigenvalue weighted by Crippen LogP contribution is -2.25. The predicted octanol–water partition coefficient (Wildman–Crippen LogP) is 4.13. The van der Waals surface area contributed by atoms with Crippen molar-refractivity contribution in [2.75, 3.05) is 18.6 Å². The summed E-state index contributed by atoms with van der Waals surface area (Å²) in [7, 11) is 1.61. The number of carboxylic acids is 1. The van der Waals surface area contributed by atoms with Crippen LogP contribution in [0.2, 0.25) is 0 Å². The molecule has 4 rings (SSSR count). The standard InChI is InChI=1S/C26H26N4O5/c1-4-35-26(33)21-13-22(25(31)32)30-23(21)24(27-16-28-30)29(14-18-7-5-17(2)6-8-18)15-19-9-11-20(34-3)12-10-19/h5-13,16H,4,14-15H2,1-3H3,(H,31,32). The van der Waals surface area contributed by atoms with E-state index in [2.05, 4.69) is 10.1 Å². The third-order valence-corrected chi connectivity index (χ3v) is 5.58. The number of nitrogens with zero attached hydrogens (tertiary/aromatic N) is 4. The first-order valence-electron chi connectivity index (χ1n) is 11.1. The molecule has 0 spiro atoms. The number of carbonyl (C=O) groups is 2. The Balaban J connectivity index is 1.86. The number of ether oxygens (including phenoxy) is 2. The highest BCUT2D eigenvalue weighted by molar-refractivity contribution is 6.04. The zero-order valence-corrected chi connectivity index (χ0v) is 19.8. The van der Waals surface area contributed by atoms with Gasteiger partial charge in [0.05, 0.1) is 19.3 Å². The van der Waals surface area contributed by atoms with Gasteiger partial charge in [0, 0.05) is 13.1 Å². The van der Waals surface area contributed by atoms with Crippen LogP contribution in [0, 0.1) is 6.92 Å². The van der Waals surface area contributed by atoms with E-state index in [-0.39, 0.29) is 23.4 Å². The van der Waals surface area contributed by atoms with Crippen LogP contribution in [0.1, 0.15) is 44.5 Å². The maximum atomic E-state index is 12.8. The van der Waals surface area contributed by atoms with Crippen LogP contribution < -0.4 is 9.64 Å². The molecule has 0 aliphatic carbocycles. The van der Waals surface area contributed by atoms with Gasteiger partial charge in [-0.2, -0.15) is 5.10 Å². The molecule has 0 saturated heterocycles. The first-order valence-corrected chi connectivity index (χ1v) is 11.1. The van der Waals surface area contributed by atoms with E-state index in [0.717, 1.165) is 22.4 Å². The molecular weight excluding hydrogens is 448 g/mol. The van der Waals surface area contributed by atoms with Gasteiger partial charge in [0.2, 0.25) is 0 Å². The smallest absolute Gasteiger partial charge is 0.354 e. The Morgan fingerprint density at radius 1 is 1.03 bits per heavy atom. The zero-order chi connectivity index (χ0) is 24.9. The van der Waals surface area contributed by atoms with Crippen LogP contribution >= 0.6 is 0 Å². The van der Waals surface area contributed by atoms with Gasteiger partial charge in [-0.25, -0.2) is 19.1 Å². The minimum Gasteiger partial charge on any atom is -0.497 e. The van der Waals surface area contributed by atoms with Gasteiger partial charge in [-0.1, -0.05) is 42.0 Å². The summed E-state index contributed by atoms with van der Waals surface area (Å²) in [6, 6.07) is 17.0. The molecule has 180 valence electrons. The van der Waals surface area contributed by atoms with Crippen LogP contribution in [0.3, 0.4) is 0 Å². The molecular formula is C26H26N4O5. The number of anilines is 1. The highest BCUT2D eigenvalue weighted by Crippen LogP contribution is 2.29. The van der Waals surface area contributed by atoms with Crippen molar-refractivity contribution in [3.63, 3.8) is 0 Å². The molecule has 2 aromatic heterocycles. The lowest BCUT2D eigenvalue weighted by molar-refractivity contribution is 0.0528. The number of aromatic nitrogens is 3. The Bertz CT molecular complexity index is 1350. The van der Waals surface area contributed by atoms with Crippen molar-refractivity contribution in [3.8, 4) is 5.75 Å². The monoisotopic (exact) mass is 474 g/mol. The van der Waals surface area contributed by atoms with E-state index < -0.39 is 11.9 Å². The topological polar surface area (TPSA) is 106 Å². The second-order valence-corrected chi connectivity index (χ2v) is 8.00. The largest absolute Gasteiger partial charge is 0.497 e. The molecule has 0 radical (unpaired) electrons. The van der Waals surface area contributed by atoms with Crippen LogP contribution in [-0.2, 0) is 17.8 Å². The van der Waals surface area contributed by atoms with Gasteiger partial charge >= 0.3 is 11.9 Å². The zero-order valence-electron chi connectivity index (χ0n) is 19.8. The van der Waals surface area contributed by atoms with Crippen LogP contribution in [0.4, 0.5) is 5.82 Å². The van der Waals surface area contributed by atoms with Crippen molar-refractivity contribution < 1.29 is 24.2 Å². The normalized spacial score (nSPS) is 10.8. The number of esters is 1. The summed E-state index contributed by atoms with van der Waals surface area (Å²) in [4.78, 5) is 31.2. The molecule has 9 nitrogen and oxygen atoms in total. The molecule has 9 heteroatoms. The number of hydrogen-bond acceptors (Lipinski definition) is 7. The van der Waals surface area contributed by atoms with Gasteiger partial charge in [0.1, 0.15) is 17.6 Å². The molecule has 0 atom stereocenters. The van der Waals surface area contributed by atoms with Crippen molar-refractivity contribution in [2.24, 2.45) is 0 Å². The lowest BCUT2D eigenvalue weighted by Gasteiger charge is -2.25. The molecule has 2 heterocycles. The molecule has 0 saturated carbocycles. The predicted molar refractivity (Wildman–Crippen MR) is 130 cm³/mol. The summed E-state index contributed by atoms with van der Waals surface area (Å²) in [5.74, 6) is -0.675. The molecule has 0 aliphatic rings. The van der Waals surface area contributed by atoms with E-state index in [1.165, 1.54) is 16.9 Å². The summed E-state index contributed by atoms with van der Waals surface area (Å²) >= 11 is 0. The molecule has 0 bridgehead atoms. The highest BCUT2D eigenvalue weighted by Gasteiger charge is 2.26. The summed E-state index contributed by atoms with van der Waals surface area (Å²) in [6.45, 7) is 4.78. The summed E-state index contributed by atoms with van der Waals surface area (Å²) in [5.41, 5.74) is 3.39. The van der Waals surface area contributed by atoms with Crippen LogP contribution in [-0.4, -0.2) is 45.4 Å². The first-order chi connectivity index (χ1) is 16.9.